The van der Waals surface area contributed by atoms with Crippen molar-refractivity contribution in [3.63, 3.8) is 0 Å². The summed E-state index contributed by atoms with van der Waals surface area (Å²) >= 11 is 1.47. The van der Waals surface area contributed by atoms with E-state index in [0.717, 1.165) is 32.1 Å². The molecule has 2 N–H and O–H groups in total. The van der Waals surface area contributed by atoms with E-state index in [9.17, 15) is 9.59 Å². The Kier molecular flexibility index (Phi) is 15.6. The van der Waals surface area contributed by atoms with E-state index >= 15 is 0 Å². The van der Waals surface area contributed by atoms with Gasteiger partial charge in [0.2, 0.25) is 6.41 Å². The van der Waals surface area contributed by atoms with Crippen molar-refractivity contribution >= 4 is 29.9 Å². The molecule has 6 heteroatoms. The summed E-state index contributed by atoms with van der Waals surface area (Å²) in [5.74, 6) is -0.163. The molecule has 0 heterocycles. The van der Waals surface area contributed by atoms with Crippen LogP contribution in [0.25, 0.3) is 0 Å². The molecule has 0 aromatic heterocycles. The van der Waals surface area contributed by atoms with Gasteiger partial charge in [-0.1, -0.05) is 46.6 Å². The number of thioether (sulfide) groups is 1. The molecule has 5 nitrogen and oxygen atoms in total. The third-order valence-corrected chi connectivity index (χ3v) is 4.93. The summed E-state index contributed by atoms with van der Waals surface area (Å²) in [6, 6.07) is 0. The summed E-state index contributed by atoms with van der Waals surface area (Å²) in [5.41, 5.74) is 7.42. The van der Waals surface area contributed by atoms with E-state index in [-0.39, 0.29) is 11.5 Å². The summed E-state index contributed by atoms with van der Waals surface area (Å²) < 4.78 is 0. The summed E-state index contributed by atoms with van der Waals surface area (Å²) in [6.45, 7) is 10.6. The predicted octanol–water partition coefficient (Wildman–Crippen LogP) is 5.66. The van der Waals surface area contributed by atoms with Gasteiger partial charge in [0.1, 0.15) is 0 Å². The van der Waals surface area contributed by atoms with Gasteiger partial charge in [-0.15, -0.1) is 0 Å². The second-order valence-electron chi connectivity index (χ2n) is 7.38. The number of carboxylic acids is 1. The molecule has 0 spiro atoms. The van der Waals surface area contributed by atoms with E-state index in [4.69, 9.17) is 5.11 Å². The molecule has 0 saturated heterocycles. The number of allylic oxidation sites excluding steroid dienone is 7. The highest BCUT2D eigenvalue weighted by atomic mass is 32.2. The van der Waals surface area contributed by atoms with Crippen molar-refractivity contribution in [2.75, 3.05) is 11.5 Å². The lowest BCUT2D eigenvalue weighted by Gasteiger charge is -2.06. The lowest BCUT2D eigenvalue weighted by Crippen LogP contribution is -2.20. The first kappa shape index (κ1) is 26.9. The van der Waals surface area contributed by atoms with E-state index in [1.54, 1.807) is 0 Å². The number of hydrazone groups is 1. The minimum Gasteiger partial charge on any atom is -0.477 e. The average molecular weight is 421 g/mol. The highest BCUT2D eigenvalue weighted by molar-refractivity contribution is 8.00. The number of hydrogen-bond acceptors (Lipinski definition) is 4. The number of amides is 1. The lowest BCUT2D eigenvalue weighted by molar-refractivity contribution is -0.129. The highest BCUT2D eigenvalue weighted by Crippen LogP contribution is 2.17. The molecule has 0 rings (SSSR count). The molecule has 0 aliphatic rings. The van der Waals surface area contributed by atoms with E-state index in [2.05, 4.69) is 69.4 Å². The van der Waals surface area contributed by atoms with Gasteiger partial charge in [0.05, 0.1) is 0 Å². The van der Waals surface area contributed by atoms with Crippen LogP contribution in [0.2, 0.25) is 0 Å². The SMILES string of the molecule is CC(C)=CCC/C(C)=C/CC/C(=C/CSC/C(=N\NC=O)C(=O)O)CC=C(C)C. The van der Waals surface area contributed by atoms with Crippen molar-refractivity contribution in [3.8, 4) is 0 Å². The third-order valence-electron chi connectivity index (χ3n) is 4.05. The smallest absolute Gasteiger partial charge is 0.352 e. The first-order valence-electron chi connectivity index (χ1n) is 9.93. The average Bonchev–Trinajstić information content (AvgIpc) is 2.64. The summed E-state index contributed by atoms with van der Waals surface area (Å²) in [6.07, 6.45) is 14.5. The van der Waals surface area contributed by atoms with Crippen molar-refractivity contribution in [2.45, 2.75) is 66.7 Å². The molecule has 0 radical (unpaired) electrons. The van der Waals surface area contributed by atoms with Gasteiger partial charge in [-0.25, -0.2) is 10.2 Å². The van der Waals surface area contributed by atoms with E-state index in [1.165, 1.54) is 34.1 Å². The molecule has 29 heavy (non-hydrogen) atoms. The number of rotatable bonds is 15. The van der Waals surface area contributed by atoms with Crippen LogP contribution in [0.1, 0.15) is 66.7 Å². The van der Waals surface area contributed by atoms with Gasteiger partial charge in [0.15, 0.2) is 5.71 Å². The Bertz CT molecular complexity index is 666. The summed E-state index contributed by atoms with van der Waals surface area (Å²) in [7, 11) is 0. The number of nitrogens with zero attached hydrogens (tertiary/aromatic N) is 1. The number of carbonyl (C=O) groups is 2. The van der Waals surface area contributed by atoms with Crippen LogP contribution in [0.3, 0.4) is 0 Å². The molecule has 162 valence electrons. The fourth-order valence-corrected chi connectivity index (χ4v) is 3.25. The summed E-state index contributed by atoms with van der Waals surface area (Å²) in [4.78, 5) is 21.4. The molecule has 0 atom stereocenters. The molecule has 0 aliphatic carbocycles. The van der Waals surface area contributed by atoms with E-state index < -0.39 is 5.97 Å². The Morgan fingerprint density at radius 1 is 0.966 bits per heavy atom. The number of nitrogens with one attached hydrogen (secondary N) is 1. The van der Waals surface area contributed by atoms with Crippen molar-refractivity contribution < 1.29 is 14.7 Å². The van der Waals surface area contributed by atoms with Crippen LogP contribution >= 0.6 is 11.8 Å². The molecule has 0 unspecified atom stereocenters. The number of hydrogen-bond donors (Lipinski definition) is 2. The van der Waals surface area contributed by atoms with Gasteiger partial charge >= 0.3 is 5.97 Å². The molecule has 0 fully saturated rings. The van der Waals surface area contributed by atoms with Crippen LogP contribution in [-0.4, -0.2) is 34.7 Å². The Balaban J connectivity index is 4.71. The van der Waals surface area contributed by atoms with Gasteiger partial charge in [-0.3, -0.25) is 4.79 Å². The molecule has 1 amide bonds. The van der Waals surface area contributed by atoms with Gasteiger partial charge in [0, 0.05) is 11.5 Å². The van der Waals surface area contributed by atoms with Crippen LogP contribution < -0.4 is 5.43 Å². The Morgan fingerprint density at radius 3 is 2.21 bits per heavy atom. The van der Waals surface area contributed by atoms with Crippen LogP contribution in [0.15, 0.2) is 51.7 Å². The minimum absolute atomic E-state index is 0.0590. The van der Waals surface area contributed by atoms with Crippen molar-refractivity contribution in [1.82, 2.24) is 5.43 Å². The molecule has 0 bridgehead atoms. The number of aliphatic carboxylic acids is 1. The first-order valence-corrected chi connectivity index (χ1v) is 11.1. The molecule has 0 saturated carbocycles. The summed E-state index contributed by atoms with van der Waals surface area (Å²) in [5, 5.41) is 12.6. The Labute approximate surface area is 180 Å². The van der Waals surface area contributed by atoms with Gasteiger partial charge in [-0.2, -0.15) is 16.9 Å². The van der Waals surface area contributed by atoms with Gasteiger partial charge < -0.3 is 5.11 Å². The van der Waals surface area contributed by atoms with E-state index in [1.807, 2.05) is 0 Å². The lowest BCUT2D eigenvalue weighted by atomic mass is 10.0. The number of carbonyl (C=O) groups excluding carboxylic acids is 1. The normalized spacial score (nSPS) is 12.4. The number of carboxylic acid groups (broad SMARTS) is 1. The van der Waals surface area contributed by atoms with Crippen molar-refractivity contribution in [2.24, 2.45) is 5.10 Å². The second kappa shape index (κ2) is 16.8. The van der Waals surface area contributed by atoms with Crippen molar-refractivity contribution in [3.05, 3.63) is 46.6 Å². The predicted molar refractivity (Wildman–Crippen MR) is 125 cm³/mol. The quantitative estimate of drug-likeness (QED) is 0.118. The zero-order chi connectivity index (χ0) is 22.1. The monoisotopic (exact) mass is 420 g/mol. The van der Waals surface area contributed by atoms with Crippen LogP contribution in [0.5, 0.6) is 0 Å². The molecular formula is C23H36N2O3S. The second-order valence-corrected chi connectivity index (χ2v) is 8.41. The Morgan fingerprint density at radius 2 is 1.62 bits per heavy atom. The zero-order valence-electron chi connectivity index (χ0n) is 18.5. The minimum atomic E-state index is -1.12. The maximum Gasteiger partial charge on any atom is 0.352 e. The molecule has 0 aromatic carbocycles. The molecular weight excluding hydrogens is 384 g/mol. The standard InChI is InChI=1S/C23H36N2O3S/c1-18(2)8-6-9-20(5)10-7-11-21(13-12-19(3)4)14-15-29-16-22(23(27)28)25-24-17-26/h8,10,12,14,17H,6-7,9,11,13,15-16H2,1-5H3,(H,24,26)(H,27,28)/b20-10+,21-14-,25-22+. The largest absolute Gasteiger partial charge is 0.477 e. The van der Waals surface area contributed by atoms with Crippen LogP contribution in [0, 0.1) is 0 Å². The van der Waals surface area contributed by atoms with Crippen LogP contribution in [0.4, 0.5) is 0 Å². The van der Waals surface area contributed by atoms with Gasteiger partial charge in [-0.05, 0) is 66.7 Å². The van der Waals surface area contributed by atoms with E-state index in [0.29, 0.717) is 12.2 Å². The maximum absolute atomic E-state index is 11.1. The zero-order valence-corrected chi connectivity index (χ0v) is 19.3. The topological polar surface area (TPSA) is 78.8 Å². The van der Waals surface area contributed by atoms with Crippen molar-refractivity contribution in [1.29, 1.82) is 0 Å². The van der Waals surface area contributed by atoms with Gasteiger partial charge in [0.25, 0.3) is 0 Å². The third kappa shape index (κ3) is 16.6. The fourth-order valence-electron chi connectivity index (χ4n) is 2.40. The maximum atomic E-state index is 11.1. The molecule has 0 aliphatic heterocycles. The van der Waals surface area contributed by atoms with Crippen LogP contribution in [-0.2, 0) is 9.59 Å². The fraction of sp³-hybridized carbons (Fsp3) is 0.522. The Hall–Kier alpha value is -2.08. The molecule has 0 aromatic rings. The highest BCUT2D eigenvalue weighted by Gasteiger charge is 2.09. The first-order chi connectivity index (χ1) is 13.8.